The van der Waals surface area contributed by atoms with Crippen LogP contribution in [0.3, 0.4) is 0 Å². The smallest absolute Gasteiger partial charge is 0.366 e. The Hall–Kier alpha value is -4.68. The number of halogens is 6. The number of nitrogens with one attached hydrogen (secondary N) is 1. The van der Waals surface area contributed by atoms with Crippen LogP contribution in [0.4, 0.5) is 26.3 Å². The molecule has 3 N–H and O–H groups in total. The second kappa shape index (κ2) is 13.1. The zero-order chi connectivity index (χ0) is 33.1. The largest absolute Gasteiger partial charge is 0.435 e. The second-order valence-electron chi connectivity index (χ2n) is 11.9. The predicted molar refractivity (Wildman–Crippen MR) is 154 cm³/mol. The van der Waals surface area contributed by atoms with Gasteiger partial charge in [-0.2, -0.15) is 18.3 Å². The number of aromatic nitrogens is 3. The van der Waals surface area contributed by atoms with Crippen LogP contribution in [0.15, 0.2) is 60.9 Å². The molecule has 4 aromatic rings. The lowest BCUT2D eigenvalue weighted by Crippen LogP contribution is -2.34. The maximum atomic E-state index is 14.2. The Morgan fingerprint density at radius 1 is 1.00 bits per heavy atom. The fourth-order valence-corrected chi connectivity index (χ4v) is 4.86. The first-order valence-electron chi connectivity index (χ1n) is 13.9. The van der Waals surface area contributed by atoms with Crippen LogP contribution in [0.2, 0.25) is 0 Å². The minimum Gasteiger partial charge on any atom is -0.366 e. The first-order chi connectivity index (χ1) is 21.0. The molecule has 7 nitrogen and oxygen atoms in total. The fourth-order valence-electron chi connectivity index (χ4n) is 4.86. The molecule has 4 rings (SSSR count). The maximum Gasteiger partial charge on any atom is 0.435 e. The van der Waals surface area contributed by atoms with Crippen LogP contribution in [0.1, 0.15) is 66.1 Å². The fraction of sp³-hybridized carbons (Fsp3) is 0.312. The van der Waals surface area contributed by atoms with Crippen LogP contribution in [-0.4, -0.2) is 26.6 Å². The zero-order valence-corrected chi connectivity index (χ0v) is 24.7. The van der Waals surface area contributed by atoms with E-state index in [1.807, 2.05) is 20.8 Å². The maximum absolute atomic E-state index is 14.2. The standard InChI is InChI=1S/C32H31F6N5O2/c1-31(2,3)9-8-20-16-43(42-29(20)32(36,37)38)17-27(44)41-26(13-18-11-21(33)15-22(34)12-18)28-23(5-4-10-40-28)19-6-7-25(35)24(14-19)30(39)45/h4-7,10-12,14-16,26H,8-9,13,17H2,1-3H3,(H2,39,45)(H,41,44). The molecular weight excluding hydrogens is 600 g/mol. The number of nitrogens with two attached hydrogens (primary N) is 1. The van der Waals surface area contributed by atoms with Crippen molar-refractivity contribution in [1.29, 1.82) is 0 Å². The molecule has 0 spiro atoms. The van der Waals surface area contributed by atoms with E-state index in [9.17, 15) is 35.9 Å². The van der Waals surface area contributed by atoms with Crippen LogP contribution in [-0.2, 0) is 30.4 Å². The Morgan fingerprint density at radius 2 is 1.69 bits per heavy atom. The molecule has 45 heavy (non-hydrogen) atoms. The molecule has 0 fully saturated rings. The Kier molecular flexibility index (Phi) is 9.69. The van der Waals surface area contributed by atoms with Gasteiger partial charge in [-0.15, -0.1) is 0 Å². The molecule has 0 aliphatic carbocycles. The minimum absolute atomic E-state index is 0.0504. The molecular formula is C32H31F6N5O2. The normalized spacial score (nSPS) is 12.6. The van der Waals surface area contributed by atoms with E-state index in [-0.39, 0.29) is 35.1 Å². The predicted octanol–water partition coefficient (Wildman–Crippen LogP) is 6.56. The molecule has 1 unspecified atom stereocenters. The average molecular weight is 632 g/mol. The van der Waals surface area contributed by atoms with Crippen LogP contribution >= 0.6 is 0 Å². The van der Waals surface area contributed by atoms with Crippen LogP contribution in [0.25, 0.3) is 11.1 Å². The molecule has 2 amide bonds. The van der Waals surface area contributed by atoms with Gasteiger partial charge >= 0.3 is 6.18 Å². The number of hydrogen-bond donors (Lipinski definition) is 2. The van der Waals surface area contributed by atoms with Crippen LogP contribution in [0.5, 0.6) is 0 Å². The molecule has 238 valence electrons. The first-order valence-corrected chi connectivity index (χ1v) is 13.9. The molecule has 2 heterocycles. The SMILES string of the molecule is CC(C)(C)CCc1cn(CC(=O)NC(Cc2cc(F)cc(F)c2)c2ncccc2-c2ccc(F)c(C(N)=O)c2)nc1C(F)(F)F. The number of aryl methyl sites for hydroxylation is 1. The number of alkyl halides is 3. The lowest BCUT2D eigenvalue weighted by molar-refractivity contribution is -0.142. The highest BCUT2D eigenvalue weighted by molar-refractivity contribution is 5.94. The van der Waals surface area contributed by atoms with Gasteiger partial charge in [-0.05, 0) is 66.1 Å². The number of amides is 2. The van der Waals surface area contributed by atoms with Gasteiger partial charge in [0.2, 0.25) is 5.91 Å². The van der Waals surface area contributed by atoms with Gasteiger partial charge in [-0.1, -0.05) is 32.9 Å². The summed E-state index contributed by atoms with van der Waals surface area (Å²) in [6.45, 7) is 5.09. The number of carbonyl (C=O) groups is 2. The highest BCUT2D eigenvalue weighted by atomic mass is 19.4. The molecule has 1 atom stereocenters. The zero-order valence-electron chi connectivity index (χ0n) is 24.7. The summed E-state index contributed by atoms with van der Waals surface area (Å²) in [4.78, 5) is 29.5. The molecule has 0 saturated heterocycles. The van der Waals surface area contributed by atoms with E-state index < -0.39 is 59.3 Å². The number of carbonyl (C=O) groups excluding carboxylic acids is 2. The van der Waals surface area contributed by atoms with Crippen LogP contribution < -0.4 is 11.1 Å². The van der Waals surface area contributed by atoms with Gasteiger partial charge < -0.3 is 11.1 Å². The number of pyridine rings is 1. The molecule has 2 aromatic heterocycles. The molecule has 0 aliphatic heterocycles. The van der Waals surface area contributed by atoms with Gasteiger partial charge in [0.1, 0.15) is 24.0 Å². The second-order valence-corrected chi connectivity index (χ2v) is 11.9. The average Bonchev–Trinajstić information content (AvgIpc) is 3.34. The number of hydrogen-bond acceptors (Lipinski definition) is 4. The first kappa shape index (κ1) is 33.2. The quantitative estimate of drug-likeness (QED) is 0.194. The molecule has 2 aromatic carbocycles. The van der Waals surface area contributed by atoms with Gasteiger partial charge in [0.25, 0.3) is 5.91 Å². The van der Waals surface area contributed by atoms with Crippen molar-refractivity contribution < 1.29 is 35.9 Å². The van der Waals surface area contributed by atoms with Crippen molar-refractivity contribution in [3.63, 3.8) is 0 Å². The lowest BCUT2D eigenvalue weighted by Gasteiger charge is -2.22. The van der Waals surface area contributed by atoms with E-state index in [2.05, 4.69) is 15.4 Å². The molecule has 0 saturated carbocycles. The summed E-state index contributed by atoms with van der Waals surface area (Å²) in [6.07, 6.45) is -1.80. The van der Waals surface area contributed by atoms with Gasteiger partial charge in [-0.25, -0.2) is 13.2 Å². The van der Waals surface area contributed by atoms with E-state index in [1.165, 1.54) is 24.5 Å². The van der Waals surface area contributed by atoms with Crippen LogP contribution in [0, 0.1) is 22.9 Å². The van der Waals surface area contributed by atoms with Gasteiger partial charge in [-0.3, -0.25) is 19.3 Å². The Bertz CT molecular complexity index is 1690. The Morgan fingerprint density at radius 3 is 2.31 bits per heavy atom. The van der Waals surface area contributed by atoms with E-state index in [1.54, 1.807) is 12.1 Å². The minimum atomic E-state index is -4.74. The molecule has 13 heteroatoms. The number of benzene rings is 2. The van der Waals surface area contributed by atoms with E-state index in [4.69, 9.17) is 5.73 Å². The molecule has 0 aliphatic rings. The van der Waals surface area contributed by atoms with Gasteiger partial charge in [0.05, 0.1) is 17.3 Å². The van der Waals surface area contributed by atoms with Crippen molar-refractivity contribution in [1.82, 2.24) is 20.1 Å². The highest BCUT2D eigenvalue weighted by Crippen LogP contribution is 2.33. The van der Waals surface area contributed by atoms with Crippen molar-refractivity contribution in [3.8, 4) is 11.1 Å². The summed E-state index contributed by atoms with van der Waals surface area (Å²) >= 11 is 0. The van der Waals surface area contributed by atoms with Gasteiger partial charge in [0.15, 0.2) is 5.69 Å². The van der Waals surface area contributed by atoms with Crippen molar-refractivity contribution >= 4 is 11.8 Å². The summed E-state index contributed by atoms with van der Waals surface area (Å²) in [6, 6.07) is 8.48. The van der Waals surface area contributed by atoms with Gasteiger partial charge in [0, 0.05) is 29.6 Å². The number of nitrogens with zero attached hydrogens (tertiary/aromatic N) is 3. The lowest BCUT2D eigenvalue weighted by atomic mass is 9.89. The third kappa shape index (κ3) is 8.70. The topological polar surface area (TPSA) is 103 Å². The number of primary amides is 1. The highest BCUT2D eigenvalue weighted by Gasteiger charge is 2.37. The Balaban J connectivity index is 1.70. The van der Waals surface area contributed by atoms with E-state index in [0.717, 1.165) is 22.9 Å². The third-order valence-electron chi connectivity index (χ3n) is 6.96. The Labute approximate surface area is 255 Å². The summed E-state index contributed by atoms with van der Waals surface area (Å²) in [5, 5.41) is 6.34. The number of rotatable bonds is 10. The summed E-state index contributed by atoms with van der Waals surface area (Å²) in [5.74, 6) is -4.35. The van der Waals surface area contributed by atoms with Crippen molar-refractivity contribution in [2.45, 2.75) is 58.8 Å². The summed E-state index contributed by atoms with van der Waals surface area (Å²) in [5.41, 5.74) is 4.51. The van der Waals surface area contributed by atoms with Crippen molar-refractivity contribution in [2.24, 2.45) is 11.1 Å². The van der Waals surface area contributed by atoms with Crippen molar-refractivity contribution in [3.05, 3.63) is 106 Å². The van der Waals surface area contributed by atoms with E-state index >= 15 is 0 Å². The third-order valence-corrected chi connectivity index (χ3v) is 6.96. The monoisotopic (exact) mass is 631 g/mol. The summed E-state index contributed by atoms with van der Waals surface area (Å²) in [7, 11) is 0. The van der Waals surface area contributed by atoms with Crippen molar-refractivity contribution in [2.75, 3.05) is 0 Å². The van der Waals surface area contributed by atoms with E-state index in [0.29, 0.717) is 23.6 Å². The molecule has 0 radical (unpaired) electrons. The summed E-state index contributed by atoms with van der Waals surface area (Å²) < 4.78 is 84.6. The molecule has 0 bridgehead atoms.